The van der Waals surface area contributed by atoms with Crippen LogP contribution in [0.3, 0.4) is 0 Å². The maximum Gasteiger partial charge on any atom is 0.340 e. The smallest absolute Gasteiger partial charge is 0.340 e. The van der Waals surface area contributed by atoms with E-state index in [1.165, 1.54) is 0 Å². The number of hydrogen-bond acceptors (Lipinski definition) is 7. The summed E-state index contributed by atoms with van der Waals surface area (Å²) in [4.78, 5) is 29.5. The van der Waals surface area contributed by atoms with Gasteiger partial charge in [0.15, 0.2) is 17.6 Å². The molecule has 5 heterocycles. The summed E-state index contributed by atoms with van der Waals surface area (Å²) in [6.07, 6.45) is -1.46. The van der Waals surface area contributed by atoms with E-state index < -0.39 is 12.1 Å². The first-order valence-corrected chi connectivity index (χ1v) is 8.87. The van der Waals surface area contributed by atoms with Gasteiger partial charge in [0, 0.05) is 22.6 Å². The maximum atomic E-state index is 13.0. The Morgan fingerprint density at radius 1 is 1.11 bits per heavy atom. The van der Waals surface area contributed by atoms with Gasteiger partial charge < -0.3 is 23.9 Å². The minimum absolute atomic E-state index is 0.129. The van der Waals surface area contributed by atoms with Crippen LogP contribution in [0.5, 0.6) is 11.5 Å². The van der Waals surface area contributed by atoms with Gasteiger partial charge in [-0.05, 0) is 24.6 Å². The average Bonchev–Trinajstić information content (AvgIpc) is 3.29. The molecular formula is C20H14N2O6. The van der Waals surface area contributed by atoms with Gasteiger partial charge in [0.2, 0.25) is 6.79 Å². The molecule has 8 heteroatoms. The summed E-state index contributed by atoms with van der Waals surface area (Å²) in [6, 6.07) is 5.42. The number of ether oxygens (including phenoxy) is 3. The number of aryl methyl sites for hydroxylation is 1. The molecule has 0 radical (unpaired) electrons. The SMILES string of the molecule is Cc1c2c(nc3cc4c(cc13)OCO4)-c1cc3c(c(=O)n1C2)COC(=O)C3O. The highest BCUT2D eigenvalue weighted by atomic mass is 16.7. The largest absolute Gasteiger partial charge is 0.458 e. The van der Waals surface area contributed by atoms with E-state index in [9.17, 15) is 14.7 Å². The number of esters is 1. The molecule has 3 aromatic rings. The third-order valence-electron chi connectivity index (χ3n) is 5.74. The van der Waals surface area contributed by atoms with Crippen molar-refractivity contribution in [1.29, 1.82) is 0 Å². The summed E-state index contributed by atoms with van der Waals surface area (Å²) in [5.41, 5.74) is 4.29. The standard InChI is InChI=1S/C20H14N2O6/c1-8-9-3-15-16(28-7-27-15)4-13(9)21-17-11(8)5-22-14(17)2-10-12(19(22)24)6-26-20(25)18(10)23/h2-4,18,23H,5-7H2,1H3. The number of benzene rings is 1. The van der Waals surface area contributed by atoms with E-state index in [2.05, 4.69) is 0 Å². The molecule has 8 nitrogen and oxygen atoms in total. The van der Waals surface area contributed by atoms with Gasteiger partial charge in [-0.2, -0.15) is 0 Å². The number of hydrogen-bond donors (Lipinski definition) is 1. The third kappa shape index (κ3) is 1.85. The van der Waals surface area contributed by atoms with Crippen LogP contribution in [0.15, 0.2) is 23.0 Å². The van der Waals surface area contributed by atoms with E-state index >= 15 is 0 Å². The summed E-state index contributed by atoms with van der Waals surface area (Å²) < 4.78 is 17.5. The average molecular weight is 378 g/mol. The van der Waals surface area contributed by atoms with Gasteiger partial charge in [-0.3, -0.25) is 4.79 Å². The van der Waals surface area contributed by atoms with Crippen LogP contribution in [0.1, 0.15) is 28.4 Å². The van der Waals surface area contributed by atoms with Crippen LogP contribution in [-0.4, -0.2) is 27.4 Å². The van der Waals surface area contributed by atoms with Gasteiger partial charge in [-0.25, -0.2) is 9.78 Å². The van der Waals surface area contributed by atoms with E-state index in [1.54, 1.807) is 10.6 Å². The van der Waals surface area contributed by atoms with Gasteiger partial charge in [0.25, 0.3) is 5.56 Å². The highest BCUT2D eigenvalue weighted by molar-refractivity contribution is 5.90. The lowest BCUT2D eigenvalue weighted by Gasteiger charge is -2.21. The predicted octanol–water partition coefficient (Wildman–Crippen LogP) is 1.55. The van der Waals surface area contributed by atoms with Crippen LogP contribution in [0, 0.1) is 6.92 Å². The minimum Gasteiger partial charge on any atom is -0.458 e. The van der Waals surface area contributed by atoms with Gasteiger partial charge in [-0.15, -0.1) is 0 Å². The molecule has 0 aliphatic carbocycles. The molecule has 0 fully saturated rings. The molecule has 6 rings (SSSR count). The van der Waals surface area contributed by atoms with Gasteiger partial charge >= 0.3 is 5.97 Å². The summed E-state index contributed by atoms with van der Waals surface area (Å²) in [6.45, 7) is 2.42. The predicted molar refractivity (Wildman–Crippen MR) is 96.2 cm³/mol. The number of fused-ring (bicyclic) bond motifs is 6. The number of cyclic esters (lactones) is 1. The normalized spacial score (nSPS) is 18.6. The zero-order valence-corrected chi connectivity index (χ0v) is 14.8. The highest BCUT2D eigenvalue weighted by Gasteiger charge is 2.34. The first kappa shape index (κ1) is 15.6. The highest BCUT2D eigenvalue weighted by Crippen LogP contribution is 2.41. The third-order valence-corrected chi connectivity index (χ3v) is 5.74. The maximum absolute atomic E-state index is 13.0. The molecule has 3 aliphatic heterocycles. The monoisotopic (exact) mass is 378 g/mol. The Hall–Kier alpha value is -3.39. The number of aliphatic hydroxyl groups excluding tert-OH is 1. The lowest BCUT2D eigenvalue weighted by molar-refractivity contribution is -0.157. The molecule has 28 heavy (non-hydrogen) atoms. The molecule has 0 saturated heterocycles. The molecule has 140 valence electrons. The Morgan fingerprint density at radius 2 is 1.89 bits per heavy atom. The Balaban J connectivity index is 1.63. The molecule has 0 amide bonds. The molecule has 1 aromatic carbocycles. The van der Waals surface area contributed by atoms with E-state index in [0.717, 1.165) is 22.0 Å². The summed E-state index contributed by atoms with van der Waals surface area (Å²) in [7, 11) is 0. The van der Waals surface area contributed by atoms with Crippen LogP contribution in [-0.2, 0) is 22.7 Å². The van der Waals surface area contributed by atoms with Crippen molar-refractivity contribution in [2.45, 2.75) is 26.2 Å². The van der Waals surface area contributed by atoms with Crippen molar-refractivity contribution in [3.8, 4) is 22.9 Å². The van der Waals surface area contributed by atoms with Gasteiger partial charge in [0.1, 0.15) is 6.61 Å². The molecule has 0 saturated carbocycles. The first-order chi connectivity index (χ1) is 13.5. The molecule has 1 N–H and O–H groups in total. The molecule has 3 aliphatic rings. The van der Waals surface area contributed by atoms with Crippen LogP contribution < -0.4 is 15.0 Å². The number of carbonyl (C=O) groups is 1. The molecule has 1 unspecified atom stereocenters. The van der Waals surface area contributed by atoms with E-state index in [-0.39, 0.29) is 19.0 Å². The summed E-state index contributed by atoms with van der Waals surface area (Å²) in [5, 5.41) is 11.1. The number of aliphatic hydroxyl groups is 1. The topological polar surface area (TPSA) is 99.9 Å². The van der Waals surface area contributed by atoms with Crippen molar-refractivity contribution in [2.75, 3.05) is 6.79 Å². The minimum atomic E-state index is -1.46. The van der Waals surface area contributed by atoms with Crippen molar-refractivity contribution in [3.05, 3.63) is 50.8 Å². The van der Waals surface area contributed by atoms with Crippen LogP contribution >= 0.6 is 0 Å². The zero-order valence-electron chi connectivity index (χ0n) is 14.8. The van der Waals surface area contributed by atoms with Crippen molar-refractivity contribution in [3.63, 3.8) is 0 Å². The fourth-order valence-electron chi connectivity index (χ4n) is 4.22. The molecule has 1 atom stereocenters. The molecule has 0 bridgehead atoms. The van der Waals surface area contributed by atoms with Gasteiger partial charge in [-0.1, -0.05) is 0 Å². The number of aromatic nitrogens is 2. The van der Waals surface area contributed by atoms with Gasteiger partial charge in [0.05, 0.1) is 29.0 Å². The molecular weight excluding hydrogens is 364 g/mol. The molecule has 0 spiro atoms. The number of rotatable bonds is 0. The number of pyridine rings is 2. The second-order valence-electron chi connectivity index (χ2n) is 7.15. The Labute approximate surface area is 157 Å². The molecule has 2 aromatic heterocycles. The Bertz CT molecular complexity index is 1290. The van der Waals surface area contributed by atoms with E-state index in [4.69, 9.17) is 19.2 Å². The van der Waals surface area contributed by atoms with E-state index in [0.29, 0.717) is 40.6 Å². The van der Waals surface area contributed by atoms with Crippen molar-refractivity contribution >= 4 is 16.9 Å². The van der Waals surface area contributed by atoms with Crippen molar-refractivity contribution in [1.82, 2.24) is 9.55 Å². The lowest BCUT2D eigenvalue weighted by atomic mass is 9.99. The fourth-order valence-corrected chi connectivity index (χ4v) is 4.22. The van der Waals surface area contributed by atoms with Crippen LogP contribution in [0.4, 0.5) is 0 Å². The van der Waals surface area contributed by atoms with E-state index in [1.807, 2.05) is 19.1 Å². The quantitative estimate of drug-likeness (QED) is 0.464. The second kappa shape index (κ2) is 5.11. The zero-order chi connectivity index (χ0) is 19.2. The first-order valence-electron chi connectivity index (χ1n) is 8.87. The van der Waals surface area contributed by atoms with Crippen LogP contribution in [0.25, 0.3) is 22.3 Å². The van der Waals surface area contributed by atoms with Crippen molar-refractivity contribution in [2.24, 2.45) is 0 Å². The fraction of sp³-hybridized carbons (Fsp3) is 0.250. The lowest BCUT2D eigenvalue weighted by Crippen LogP contribution is -2.32. The Morgan fingerprint density at radius 3 is 2.71 bits per heavy atom. The summed E-state index contributed by atoms with van der Waals surface area (Å²) in [5.74, 6) is 0.572. The second-order valence-corrected chi connectivity index (χ2v) is 7.15. The van der Waals surface area contributed by atoms with Crippen LogP contribution in [0.2, 0.25) is 0 Å². The van der Waals surface area contributed by atoms with Crippen molar-refractivity contribution < 1.29 is 24.1 Å². The number of carbonyl (C=O) groups excluding carboxylic acids is 1. The Kier molecular flexibility index (Phi) is 2.85. The number of nitrogens with zero attached hydrogens (tertiary/aromatic N) is 2. The summed E-state index contributed by atoms with van der Waals surface area (Å²) >= 11 is 0.